The number of phenolic OH excluding ortho intramolecular Hbond substituents is 1. The number of hydrogen-bond donors (Lipinski definition) is 1. The quantitative estimate of drug-likeness (QED) is 0.579. The molecule has 1 atom stereocenters. The first-order valence-corrected chi connectivity index (χ1v) is 10.7. The van der Waals surface area contributed by atoms with Crippen molar-refractivity contribution in [3.8, 4) is 5.75 Å². The zero-order chi connectivity index (χ0) is 21.4. The Labute approximate surface area is 184 Å². The zero-order valence-electron chi connectivity index (χ0n) is 16.1. The molecule has 0 spiro atoms. The molecule has 0 amide bonds. The average molecular weight is 485 g/mol. The van der Waals surface area contributed by atoms with Crippen LogP contribution in [0.1, 0.15) is 24.1 Å². The molecule has 1 aromatic heterocycles. The second-order valence-electron chi connectivity index (χ2n) is 6.69. The van der Waals surface area contributed by atoms with Crippen LogP contribution in [-0.4, -0.2) is 22.8 Å². The Morgan fingerprint density at radius 3 is 2.70 bits per heavy atom. The molecule has 8 heteroatoms. The number of allylic oxidation sites excluding steroid dienone is 1. The van der Waals surface area contributed by atoms with Crippen molar-refractivity contribution in [3.05, 3.63) is 95.1 Å². The standard InChI is InChI=1S/C22H17BrN2O4S/c1-12-18(21(28)29-2)19(13-6-4-3-5-7-13)25-20(27)17(30-22(25)24-12)11-14-10-15(23)8-9-16(14)26/h3-11,19,26H,1-2H3/b17-11+/t19-/m0/s1. The molecule has 0 fully saturated rings. The Bertz CT molecular complexity index is 1360. The highest BCUT2D eigenvalue weighted by atomic mass is 79.9. The second-order valence-corrected chi connectivity index (χ2v) is 8.61. The first kappa shape index (κ1) is 20.3. The number of aromatic hydroxyl groups is 1. The minimum atomic E-state index is -0.645. The van der Waals surface area contributed by atoms with E-state index in [9.17, 15) is 14.7 Å². The number of hydrogen-bond acceptors (Lipinski definition) is 6. The molecule has 1 aliphatic rings. The molecule has 1 aliphatic heterocycles. The summed E-state index contributed by atoms with van der Waals surface area (Å²) in [6.45, 7) is 1.74. The van der Waals surface area contributed by atoms with Gasteiger partial charge in [0, 0.05) is 10.0 Å². The van der Waals surface area contributed by atoms with Gasteiger partial charge in [-0.25, -0.2) is 9.79 Å². The number of fused-ring (bicyclic) bond motifs is 1. The molecule has 0 bridgehead atoms. The minimum absolute atomic E-state index is 0.0649. The van der Waals surface area contributed by atoms with Crippen molar-refractivity contribution in [1.82, 2.24) is 4.57 Å². The van der Waals surface area contributed by atoms with Gasteiger partial charge >= 0.3 is 5.97 Å². The number of carbonyl (C=O) groups excluding carboxylic acids is 1. The van der Waals surface area contributed by atoms with Crippen LogP contribution in [0.2, 0.25) is 0 Å². The summed E-state index contributed by atoms with van der Waals surface area (Å²) in [4.78, 5) is 30.9. The number of thiazole rings is 1. The van der Waals surface area contributed by atoms with Crippen LogP contribution in [0.3, 0.4) is 0 Å². The van der Waals surface area contributed by atoms with Gasteiger partial charge in [0.1, 0.15) is 5.75 Å². The number of halogens is 1. The highest BCUT2D eigenvalue weighted by Crippen LogP contribution is 2.30. The number of aromatic nitrogens is 1. The van der Waals surface area contributed by atoms with Gasteiger partial charge in [-0.2, -0.15) is 0 Å². The van der Waals surface area contributed by atoms with Crippen molar-refractivity contribution in [2.75, 3.05) is 7.11 Å². The minimum Gasteiger partial charge on any atom is -0.507 e. The molecule has 30 heavy (non-hydrogen) atoms. The Balaban J connectivity index is 2.00. The lowest BCUT2D eigenvalue weighted by atomic mass is 9.96. The van der Waals surface area contributed by atoms with Crippen molar-refractivity contribution in [1.29, 1.82) is 0 Å². The third-order valence-corrected chi connectivity index (χ3v) is 6.29. The monoisotopic (exact) mass is 484 g/mol. The highest BCUT2D eigenvalue weighted by Gasteiger charge is 2.32. The maximum absolute atomic E-state index is 13.4. The van der Waals surface area contributed by atoms with Crippen LogP contribution < -0.4 is 14.9 Å². The van der Waals surface area contributed by atoms with Gasteiger partial charge < -0.3 is 9.84 Å². The second kappa shape index (κ2) is 8.04. The molecule has 0 aliphatic carbocycles. The molecule has 3 aromatic rings. The Kier molecular flexibility index (Phi) is 5.44. The van der Waals surface area contributed by atoms with E-state index in [0.29, 0.717) is 26.2 Å². The van der Waals surface area contributed by atoms with E-state index < -0.39 is 12.0 Å². The number of carbonyl (C=O) groups is 1. The van der Waals surface area contributed by atoms with Crippen LogP contribution in [0.15, 0.2) is 74.1 Å². The summed E-state index contributed by atoms with van der Waals surface area (Å²) in [5.41, 5.74) is 1.84. The number of rotatable bonds is 3. The first-order chi connectivity index (χ1) is 14.4. The van der Waals surface area contributed by atoms with E-state index in [-0.39, 0.29) is 11.3 Å². The predicted octanol–water partition coefficient (Wildman–Crippen LogP) is 2.88. The third-order valence-electron chi connectivity index (χ3n) is 4.82. The average Bonchev–Trinajstić information content (AvgIpc) is 3.04. The molecule has 0 radical (unpaired) electrons. The van der Waals surface area contributed by atoms with Gasteiger partial charge in [0.2, 0.25) is 0 Å². The maximum atomic E-state index is 13.4. The summed E-state index contributed by atoms with van der Waals surface area (Å²) in [5, 5.41) is 10.2. The lowest BCUT2D eigenvalue weighted by molar-refractivity contribution is -0.136. The molecule has 2 aromatic carbocycles. The fraction of sp³-hybridized carbons (Fsp3) is 0.136. The van der Waals surface area contributed by atoms with E-state index >= 15 is 0 Å². The molecule has 0 saturated heterocycles. The van der Waals surface area contributed by atoms with Gasteiger partial charge in [-0.1, -0.05) is 57.6 Å². The summed E-state index contributed by atoms with van der Waals surface area (Å²) in [5.74, 6) is -0.459. The third kappa shape index (κ3) is 3.53. The zero-order valence-corrected chi connectivity index (χ0v) is 18.5. The summed E-state index contributed by atoms with van der Waals surface area (Å²) >= 11 is 4.59. The Morgan fingerprint density at radius 1 is 1.27 bits per heavy atom. The van der Waals surface area contributed by atoms with Crippen molar-refractivity contribution in [2.45, 2.75) is 13.0 Å². The summed E-state index contributed by atoms with van der Waals surface area (Å²) in [7, 11) is 1.31. The summed E-state index contributed by atoms with van der Waals surface area (Å²) in [6.07, 6.45) is 1.63. The van der Waals surface area contributed by atoms with Gasteiger partial charge in [-0.15, -0.1) is 0 Å². The van der Waals surface area contributed by atoms with Gasteiger partial charge in [0.15, 0.2) is 4.80 Å². The normalized spacial score (nSPS) is 16.2. The molecule has 2 heterocycles. The molecular formula is C22H17BrN2O4S. The number of esters is 1. The van der Waals surface area contributed by atoms with Crippen LogP contribution in [0.4, 0.5) is 0 Å². The maximum Gasteiger partial charge on any atom is 0.338 e. The molecule has 1 N–H and O–H groups in total. The molecule has 6 nitrogen and oxygen atoms in total. The van der Waals surface area contributed by atoms with E-state index in [0.717, 1.165) is 10.0 Å². The Hall–Kier alpha value is -2.97. The molecule has 0 unspecified atom stereocenters. The number of benzene rings is 2. The van der Waals surface area contributed by atoms with E-state index in [2.05, 4.69) is 20.9 Å². The van der Waals surface area contributed by atoms with Gasteiger partial charge in [0.05, 0.1) is 29.0 Å². The van der Waals surface area contributed by atoms with Crippen LogP contribution in [0, 0.1) is 0 Å². The number of methoxy groups -OCH3 is 1. The fourth-order valence-electron chi connectivity index (χ4n) is 3.43. The van der Waals surface area contributed by atoms with Gasteiger partial charge in [-0.05, 0) is 36.8 Å². The topological polar surface area (TPSA) is 80.9 Å². The smallest absolute Gasteiger partial charge is 0.338 e. The molecule has 0 saturated carbocycles. The highest BCUT2D eigenvalue weighted by molar-refractivity contribution is 9.10. The lowest BCUT2D eigenvalue weighted by Gasteiger charge is -2.24. The molecular weight excluding hydrogens is 468 g/mol. The molecule has 152 valence electrons. The largest absolute Gasteiger partial charge is 0.507 e. The number of nitrogens with zero attached hydrogens (tertiary/aromatic N) is 2. The number of phenols is 1. The van der Waals surface area contributed by atoms with Gasteiger partial charge in [-0.3, -0.25) is 9.36 Å². The van der Waals surface area contributed by atoms with Crippen LogP contribution >= 0.6 is 27.3 Å². The van der Waals surface area contributed by atoms with Gasteiger partial charge in [0.25, 0.3) is 5.56 Å². The van der Waals surface area contributed by atoms with E-state index in [1.165, 1.54) is 23.0 Å². The van der Waals surface area contributed by atoms with Crippen molar-refractivity contribution < 1.29 is 14.6 Å². The van der Waals surface area contributed by atoms with Crippen molar-refractivity contribution in [3.63, 3.8) is 0 Å². The lowest BCUT2D eigenvalue weighted by Crippen LogP contribution is -2.39. The van der Waals surface area contributed by atoms with Crippen molar-refractivity contribution in [2.24, 2.45) is 4.99 Å². The predicted molar refractivity (Wildman–Crippen MR) is 118 cm³/mol. The van der Waals surface area contributed by atoms with Crippen LogP contribution in [-0.2, 0) is 9.53 Å². The number of ether oxygens (including phenoxy) is 1. The van der Waals surface area contributed by atoms with E-state index in [1.54, 1.807) is 31.2 Å². The van der Waals surface area contributed by atoms with E-state index in [1.807, 2.05) is 30.3 Å². The van der Waals surface area contributed by atoms with Crippen LogP contribution in [0.25, 0.3) is 6.08 Å². The Morgan fingerprint density at radius 2 is 2.00 bits per heavy atom. The van der Waals surface area contributed by atoms with Crippen LogP contribution in [0.5, 0.6) is 5.75 Å². The molecule has 4 rings (SSSR count). The SMILES string of the molecule is COC(=O)C1=C(C)N=c2s/c(=C/c3cc(Br)ccc3O)c(=O)n2[C@H]1c1ccccc1. The fourth-order valence-corrected chi connectivity index (χ4v) is 4.84. The first-order valence-electron chi connectivity index (χ1n) is 9.05. The van der Waals surface area contributed by atoms with E-state index in [4.69, 9.17) is 4.74 Å². The summed E-state index contributed by atoms with van der Waals surface area (Å²) < 4.78 is 7.68. The van der Waals surface area contributed by atoms with Crippen molar-refractivity contribution >= 4 is 39.3 Å². The summed E-state index contributed by atoms with van der Waals surface area (Å²) in [6, 6.07) is 13.7.